The summed E-state index contributed by atoms with van der Waals surface area (Å²) in [6, 6.07) is 12.2. The van der Waals surface area contributed by atoms with E-state index in [-0.39, 0.29) is 29.8 Å². The van der Waals surface area contributed by atoms with Crippen LogP contribution in [0.2, 0.25) is 0 Å². The molecule has 0 radical (unpaired) electrons. The molecule has 4 heterocycles. The monoisotopic (exact) mass is 482 g/mol. The molecule has 2 aliphatic heterocycles. The second kappa shape index (κ2) is 9.79. The standard InChI is InChI=1S/C28H30N6O2/c35-26-7-4-17-2-1-3-19(8-17)22-10-23(16-30-15-22)32-28(36)27-24-11-20(5-6-25(24)33-34-27)21-9-18(13-31-26)12-29-14-21/h1-3,8-10,12,14-16,20,24-25,27,33-34H,4-7,11,13H2,(H,31,35)(H,32,36). The van der Waals surface area contributed by atoms with Crippen LogP contribution in [0.3, 0.4) is 0 Å². The largest absolute Gasteiger partial charge is 0.352 e. The number of hydrogen-bond donors (Lipinski definition) is 4. The number of rotatable bonds is 0. The van der Waals surface area contributed by atoms with E-state index < -0.39 is 0 Å². The fourth-order valence-corrected chi connectivity index (χ4v) is 5.79. The van der Waals surface area contributed by atoms with Crippen LogP contribution in [-0.4, -0.2) is 33.9 Å². The van der Waals surface area contributed by atoms with Crippen LogP contribution in [0, 0.1) is 5.92 Å². The van der Waals surface area contributed by atoms with Gasteiger partial charge in [-0.15, -0.1) is 0 Å². The number of carbonyl (C=O) groups excluding carboxylic acids is 2. The minimum Gasteiger partial charge on any atom is -0.352 e. The number of aromatic nitrogens is 2. The third kappa shape index (κ3) is 4.74. The Morgan fingerprint density at radius 1 is 0.833 bits per heavy atom. The molecule has 2 amide bonds. The van der Waals surface area contributed by atoms with Gasteiger partial charge in [0.15, 0.2) is 0 Å². The lowest BCUT2D eigenvalue weighted by Gasteiger charge is -2.33. The van der Waals surface area contributed by atoms with Crippen LogP contribution in [0.5, 0.6) is 0 Å². The van der Waals surface area contributed by atoms with Gasteiger partial charge in [0.25, 0.3) is 0 Å². The molecular formula is C28H30N6O2. The molecule has 6 rings (SSSR count). The second-order valence-electron chi connectivity index (χ2n) is 10.1. The minimum atomic E-state index is -0.328. The highest BCUT2D eigenvalue weighted by atomic mass is 16.2. The quantitative estimate of drug-likeness (QED) is 0.392. The first-order chi connectivity index (χ1) is 17.6. The van der Waals surface area contributed by atoms with E-state index in [1.165, 1.54) is 5.56 Å². The number of aryl methyl sites for hydroxylation is 1. The third-order valence-corrected chi connectivity index (χ3v) is 7.72. The predicted octanol–water partition coefficient (Wildman–Crippen LogP) is 3.07. The van der Waals surface area contributed by atoms with E-state index in [1.807, 2.05) is 36.7 Å². The summed E-state index contributed by atoms with van der Waals surface area (Å²) in [5, 5.41) is 6.14. The van der Waals surface area contributed by atoms with Crippen molar-refractivity contribution in [1.29, 1.82) is 0 Å². The fourth-order valence-electron chi connectivity index (χ4n) is 5.79. The molecule has 36 heavy (non-hydrogen) atoms. The summed E-state index contributed by atoms with van der Waals surface area (Å²) in [6.07, 6.45) is 11.2. The van der Waals surface area contributed by atoms with Gasteiger partial charge in [-0.05, 0) is 59.9 Å². The maximum atomic E-state index is 13.3. The van der Waals surface area contributed by atoms with Crippen LogP contribution < -0.4 is 21.5 Å². The molecule has 1 saturated heterocycles. The Balaban J connectivity index is 1.33. The van der Waals surface area contributed by atoms with E-state index >= 15 is 0 Å². The summed E-state index contributed by atoms with van der Waals surface area (Å²) in [5.74, 6) is 0.475. The number of pyridine rings is 2. The number of fused-ring (bicyclic) bond motifs is 9. The van der Waals surface area contributed by atoms with Gasteiger partial charge in [0, 0.05) is 49.1 Å². The zero-order valence-corrected chi connectivity index (χ0v) is 20.0. The van der Waals surface area contributed by atoms with Crippen LogP contribution in [0.4, 0.5) is 5.69 Å². The van der Waals surface area contributed by atoms with E-state index in [0.29, 0.717) is 31.0 Å². The smallest absolute Gasteiger partial charge is 0.243 e. The molecule has 2 fully saturated rings. The summed E-state index contributed by atoms with van der Waals surface area (Å²) < 4.78 is 0. The summed E-state index contributed by atoms with van der Waals surface area (Å²) >= 11 is 0. The number of amides is 2. The first kappa shape index (κ1) is 22.8. The average Bonchev–Trinajstić information content (AvgIpc) is 3.34. The Morgan fingerprint density at radius 2 is 1.75 bits per heavy atom. The molecule has 4 atom stereocenters. The Labute approximate surface area is 210 Å². The van der Waals surface area contributed by atoms with Crippen LogP contribution in [0.1, 0.15) is 48.3 Å². The number of nitrogens with one attached hydrogen (secondary N) is 4. The predicted molar refractivity (Wildman–Crippen MR) is 137 cm³/mol. The maximum absolute atomic E-state index is 13.3. The normalized spacial score (nSPS) is 26.0. The molecule has 1 aromatic carbocycles. The first-order valence-corrected chi connectivity index (χ1v) is 12.7. The number of nitrogens with zero attached hydrogens (tertiary/aromatic N) is 2. The number of hydrazine groups is 1. The van der Waals surface area contributed by atoms with Crippen molar-refractivity contribution >= 4 is 17.5 Å². The van der Waals surface area contributed by atoms with Crippen molar-refractivity contribution in [3.05, 3.63) is 77.9 Å². The van der Waals surface area contributed by atoms with Gasteiger partial charge in [-0.25, -0.2) is 5.43 Å². The van der Waals surface area contributed by atoms with Crippen LogP contribution in [-0.2, 0) is 22.6 Å². The fraction of sp³-hybridized carbons (Fsp3) is 0.357. The van der Waals surface area contributed by atoms with Gasteiger partial charge in [0.1, 0.15) is 6.04 Å². The van der Waals surface area contributed by atoms with Gasteiger partial charge in [0.05, 0.1) is 11.9 Å². The lowest BCUT2D eigenvalue weighted by molar-refractivity contribution is -0.121. The van der Waals surface area contributed by atoms with Gasteiger partial charge < -0.3 is 10.6 Å². The van der Waals surface area contributed by atoms with Crippen LogP contribution >= 0.6 is 0 Å². The molecule has 8 bridgehead atoms. The molecule has 184 valence electrons. The van der Waals surface area contributed by atoms with Crippen molar-refractivity contribution in [3.63, 3.8) is 0 Å². The van der Waals surface area contributed by atoms with Crippen LogP contribution in [0.15, 0.2) is 61.2 Å². The first-order valence-electron chi connectivity index (χ1n) is 12.7. The molecule has 4 unspecified atom stereocenters. The van der Waals surface area contributed by atoms with Gasteiger partial charge in [-0.2, -0.15) is 0 Å². The second-order valence-corrected chi connectivity index (χ2v) is 10.1. The summed E-state index contributed by atoms with van der Waals surface area (Å²) in [4.78, 5) is 34.8. The van der Waals surface area contributed by atoms with Crippen molar-refractivity contribution in [2.75, 3.05) is 5.32 Å². The van der Waals surface area contributed by atoms with Gasteiger partial charge >= 0.3 is 0 Å². The Morgan fingerprint density at radius 3 is 2.69 bits per heavy atom. The molecule has 3 aliphatic rings. The summed E-state index contributed by atoms with van der Waals surface area (Å²) in [7, 11) is 0. The SMILES string of the molecule is O=C1CCc2cccc(c2)-c2cncc(c2)NC(=O)C2NNC3CCC(CC32)c2cncc(c2)CN1. The van der Waals surface area contributed by atoms with E-state index in [0.717, 1.165) is 41.5 Å². The summed E-state index contributed by atoms with van der Waals surface area (Å²) in [6.45, 7) is 0.463. The van der Waals surface area contributed by atoms with Gasteiger partial charge in [0.2, 0.25) is 11.8 Å². The summed E-state index contributed by atoms with van der Waals surface area (Å²) in [5.41, 5.74) is 12.5. The topological polar surface area (TPSA) is 108 Å². The van der Waals surface area contributed by atoms with E-state index in [9.17, 15) is 9.59 Å². The highest BCUT2D eigenvalue weighted by molar-refractivity contribution is 5.95. The molecule has 4 N–H and O–H groups in total. The zero-order valence-electron chi connectivity index (χ0n) is 20.0. The Kier molecular flexibility index (Phi) is 6.21. The van der Waals surface area contributed by atoms with E-state index in [1.54, 1.807) is 12.4 Å². The Bertz CT molecular complexity index is 1290. The van der Waals surface area contributed by atoms with Crippen LogP contribution in [0.25, 0.3) is 11.1 Å². The lowest BCUT2D eigenvalue weighted by Crippen LogP contribution is -2.42. The zero-order chi connectivity index (χ0) is 24.5. The number of carbonyl (C=O) groups is 2. The van der Waals surface area contributed by atoms with Gasteiger partial charge in [-0.1, -0.05) is 30.3 Å². The van der Waals surface area contributed by atoms with E-state index in [2.05, 4.69) is 43.6 Å². The molecule has 1 aliphatic carbocycles. The molecule has 3 aromatic rings. The van der Waals surface area contributed by atoms with Gasteiger partial charge in [-0.3, -0.25) is 25.0 Å². The van der Waals surface area contributed by atoms with Crippen molar-refractivity contribution < 1.29 is 9.59 Å². The molecule has 8 heteroatoms. The minimum absolute atomic E-state index is 0.0260. The van der Waals surface area contributed by atoms with Crippen molar-refractivity contribution in [2.24, 2.45) is 5.92 Å². The van der Waals surface area contributed by atoms with Crippen molar-refractivity contribution in [2.45, 2.75) is 56.7 Å². The number of benzene rings is 1. The lowest BCUT2D eigenvalue weighted by atomic mass is 9.73. The number of hydrogen-bond acceptors (Lipinski definition) is 6. The van der Waals surface area contributed by atoms with Crippen molar-refractivity contribution in [1.82, 2.24) is 26.1 Å². The molecule has 0 spiro atoms. The average molecular weight is 483 g/mol. The Hall–Kier alpha value is -3.62. The maximum Gasteiger partial charge on any atom is 0.243 e. The van der Waals surface area contributed by atoms with Crippen molar-refractivity contribution in [3.8, 4) is 11.1 Å². The highest BCUT2D eigenvalue weighted by Crippen LogP contribution is 2.40. The highest BCUT2D eigenvalue weighted by Gasteiger charge is 2.44. The molecular weight excluding hydrogens is 452 g/mol. The number of anilines is 1. The molecule has 2 aromatic heterocycles. The molecule has 1 saturated carbocycles. The van der Waals surface area contributed by atoms with E-state index in [4.69, 9.17) is 0 Å². The third-order valence-electron chi connectivity index (χ3n) is 7.72. The molecule has 8 nitrogen and oxygen atoms in total.